The first-order valence-electron chi connectivity index (χ1n) is 6.89. The van der Waals surface area contributed by atoms with Gasteiger partial charge in [0.15, 0.2) is 11.5 Å². The lowest BCUT2D eigenvalue weighted by Crippen LogP contribution is -2.21. The maximum absolute atomic E-state index is 6.34. The molecule has 1 heterocycles. The third-order valence-corrected chi connectivity index (χ3v) is 4.29. The molecule has 0 saturated heterocycles. The van der Waals surface area contributed by atoms with Gasteiger partial charge in [-0.2, -0.15) is 11.3 Å². The minimum Gasteiger partial charge on any atom is -0.493 e. The summed E-state index contributed by atoms with van der Waals surface area (Å²) in [4.78, 5) is 0. The van der Waals surface area contributed by atoms with Crippen molar-refractivity contribution in [3.63, 3.8) is 0 Å². The summed E-state index contributed by atoms with van der Waals surface area (Å²) in [5.41, 5.74) is 8.18. The average Bonchev–Trinajstić information content (AvgIpc) is 2.98. The van der Waals surface area contributed by atoms with Crippen molar-refractivity contribution in [1.29, 1.82) is 0 Å². The molecule has 5 heteroatoms. The molecule has 3 nitrogen and oxygen atoms in total. The fraction of sp³-hybridized carbons (Fsp3) is 0.375. The van der Waals surface area contributed by atoms with Gasteiger partial charge in [-0.25, -0.2) is 0 Å². The van der Waals surface area contributed by atoms with Crippen molar-refractivity contribution in [2.75, 3.05) is 7.11 Å². The van der Waals surface area contributed by atoms with Crippen LogP contribution in [0.1, 0.15) is 24.5 Å². The van der Waals surface area contributed by atoms with E-state index in [2.05, 4.69) is 12.3 Å². The van der Waals surface area contributed by atoms with Gasteiger partial charge in [-0.15, -0.1) is 0 Å². The largest absolute Gasteiger partial charge is 0.493 e. The van der Waals surface area contributed by atoms with Crippen LogP contribution >= 0.6 is 22.9 Å². The van der Waals surface area contributed by atoms with Crippen LogP contribution < -0.4 is 15.2 Å². The zero-order chi connectivity index (χ0) is 15.2. The Kier molecular flexibility index (Phi) is 5.91. The second-order valence-electron chi connectivity index (χ2n) is 4.90. The molecule has 0 aliphatic carbocycles. The first-order valence-corrected chi connectivity index (χ1v) is 8.22. The lowest BCUT2D eigenvalue weighted by atomic mass is 10.0. The number of rotatable bonds is 7. The molecular formula is C16H20ClNO2S. The van der Waals surface area contributed by atoms with Crippen LogP contribution in [0.15, 0.2) is 29.0 Å². The zero-order valence-electron chi connectivity index (χ0n) is 12.3. The van der Waals surface area contributed by atoms with Crippen LogP contribution in [0.5, 0.6) is 11.5 Å². The van der Waals surface area contributed by atoms with Crippen molar-refractivity contribution in [3.8, 4) is 11.5 Å². The van der Waals surface area contributed by atoms with Crippen LogP contribution in [0.4, 0.5) is 0 Å². The lowest BCUT2D eigenvalue weighted by Gasteiger charge is -2.15. The summed E-state index contributed by atoms with van der Waals surface area (Å²) >= 11 is 7.98. The molecule has 1 atom stereocenters. The average molecular weight is 326 g/mol. The van der Waals surface area contributed by atoms with Crippen molar-refractivity contribution in [1.82, 2.24) is 0 Å². The van der Waals surface area contributed by atoms with Crippen molar-refractivity contribution >= 4 is 22.9 Å². The van der Waals surface area contributed by atoms with Gasteiger partial charge >= 0.3 is 0 Å². The number of hydrogen-bond acceptors (Lipinski definition) is 4. The molecule has 21 heavy (non-hydrogen) atoms. The first kappa shape index (κ1) is 16.1. The van der Waals surface area contributed by atoms with E-state index in [1.165, 1.54) is 0 Å². The Morgan fingerprint density at radius 3 is 2.76 bits per heavy atom. The monoisotopic (exact) mass is 325 g/mol. The molecular weight excluding hydrogens is 306 g/mol. The van der Waals surface area contributed by atoms with E-state index in [1.54, 1.807) is 18.4 Å². The van der Waals surface area contributed by atoms with Gasteiger partial charge in [0.05, 0.1) is 12.1 Å². The number of halogens is 1. The van der Waals surface area contributed by atoms with Crippen molar-refractivity contribution in [3.05, 3.63) is 45.1 Å². The molecule has 0 spiro atoms. The molecule has 0 amide bonds. The van der Waals surface area contributed by atoms with E-state index in [0.29, 0.717) is 23.1 Å². The van der Waals surface area contributed by atoms with Crippen molar-refractivity contribution < 1.29 is 9.47 Å². The SMILES string of the molecule is CCC(N)Cc1cc(Cl)c(OCc2ccsc2)c(OC)c1. The second kappa shape index (κ2) is 7.69. The quantitative estimate of drug-likeness (QED) is 0.826. The summed E-state index contributed by atoms with van der Waals surface area (Å²) in [5, 5.41) is 4.63. The van der Waals surface area contributed by atoms with E-state index in [-0.39, 0.29) is 6.04 Å². The first-order chi connectivity index (χ1) is 10.1. The minimum atomic E-state index is 0.128. The number of methoxy groups -OCH3 is 1. The number of nitrogens with two attached hydrogens (primary N) is 1. The van der Waals surface area contributed by atoms with Crippen molar-refractivity contribution in [2.24, 2.45) is 5.73 Å². The Labute approximate surface area is 134 Å². The summed E-state index contributed by atoms with van der Waals surface area (Å²) in [7, 11) is 1.62. The van der Waals surface area contributed by atoms with E-state index < -0.39 is 0 Å². The highest BCUT2D eigenvalue weighted by molar-refractivity contribution is 7.07. The molecule has 0 aliphatic heterocycles. The number of benzene rings is 1. The lowest BCUT2D eigenvalue weighted by molar-refractivity contribution is 0.285. The predicted molar refractivity (Wildman–Crippen MR) is 88.6 cm³/mol. The Hall–Kier alpha value is -1.23. The summed E-state index contributed by atoms with van der Waals surface area (Å²) < 4.78 is 11.2. The maximum Gasteiger partial charge on any atom is 0.180 e. The van der Waals surface area contributed by atoms with Gasteiger partial charge in [0.25, 0.3) is 0 Å². The summed E-state index contributed by atoms with van der Waals surface area (Å²) in [6, 6.07) is 6.01. The van der Waals surface area contributed by atoms with E-state index in [1.807, 2.05) is 23.6 Å². The third-order valence-electron chi connectivity index (χ3n) is 3.27. The maximum atomic E-state index is 6.34. The molecule has 0 fully saturated rings. The zero-order valence-corrected chi connectivity index (χ0v) is 13.8. The van der Waals surface area contributed by atoms with Crippen LogP contribution in [-0.2, 0) is 13.0 Å². The molecule has 2 aromatic rings. The van der Waals surface area contributed by atoms with Crippen molar-refractivity contribution in [2.45, 2.75) is 32.4 Å². The predicted octanol–water partition coefficient (Wildman–Crippen LogP) is 4.27. The number of hydrogen-bond donors (Lipinski definition) is 1. The Bertz CT molecular complexity index is 572. The van der Waals surface area contributed by atoms with Crippen LogP contribution in [-0.4, -0.2) is 13.2 Å². The molecule has 1 aromatic carbocycles. The van der Waals surface area contributed by atoms with Gasteiger partial charge in [0, 0.05) is 6.04 Å². The molecule has 0 aliphatic rings. The number of thiophene rings is 1. The third kappa shape index (κ3) is 4.37. The van der Waals surface area contributed by atoms with E-state index >= 15 is 0 Å². The highest BCUT2D eigenvalue weighted by Crippen LogP contribution is 2.37. The highest BCUT2D eigenvalue weighted by Gasteiger charge is 2.13. The fourth-order valence-corrected chi connectivity index (χ4v) is 2.95. The van der Waals surface area contributed by atoms with Gasteiger partial charge in [0.2, 0.25) is 0 Å². The van der Waals surface area contributed by atoms with Crippen LogP contribution in [0.3, 0.4) is 0 Å². The standard InChI is InChI=1S/C16H20ClNO2S/c1-3-13(18)6-12-7-14(17)16(15(8-12)19-2)20-9-11-4-5-21-10-11/h4-5,7-8,10,13H,3,6,9,18H2,1-2H3. The van der Waals surface area contributed by atoms with Gasteiger partial charge in [-0.3, -0.25) is 0 Å². The Morgan fingerprint density at radius 2 is 2.14 bits per heavy atom. The van der Waals surface area contributed by atoms with Gasteiger partial charge in [0.1, 0.15) is 6.61 Å². The van der Waals surface area contributed by atoms with Gasteiger partial charge < -0.3 is 15.2 Å². The molecule has 2 N–H and O–H groups in total. The topological polar surface area (TPSA) is 44.5 Å². The minimum absolute atomic E-state index is 0.128. The molecule has 0 radical (unpaired) electrons. The van der Waals surface area contributed by atoms with Crippen LogP contribution in [0.2, 0.25) is 5.02 Å². The molecule has 114 valence electrons. The molecule has 2 rings (SSSR count). The second-order valence-corrected chi connectivity index (χ2v) is 6.09. The van der Waals surface area contributed by atoms with E-state index in [4.69, 9.17) is 26.8 Å². The fourth-order valence-electron chi connectivity index (χ4n) is 2.01. The smallest absolute Gasteiger partial charge is 0.180 e. The molecule has 1 aromatic heterocycles. The van der Waals surface area contributed by atoms with Crippen LogP contribution in [0, 0.1) is 0 Å². The van der Waals surface area contributed by atoms with Crippen LogP contribution in [0.25, 0.3) is 0 Å². The summed E-state index contributed by atoms with van der Waals surface area (Å²) in [6.07, 6.45) is 1.70. The van der Waals surface area contributed by atoms with E-state index in [9.17, 15) is 0 Å². The van der Waals surface area contributed by atoms with Gasteiger partial charge in [-0.05, 0) is 52.9 Å². The normalized spacial score (nSPS) is 12.2. The Morgan fingerprint density at radius 1 is 1.33 bits per heavy atom. The molecule has 0 saturated carbocycles. The Balaban J connectivity index is 2.16. The summed E-state index contributed by atoms with van der Waals surface area (Å²) in [5.74, 6) is 1.23. The molecule has 1 unspecified atom stereocenters. The van der Waals surface area contributed by atoms with Gasteiger partial charge in [-0.1, -0.05) is 18.5 Å². The summed E-state index contributed by atoms with van der Waals surface area (Å²) in [6.45, 7) is 2.55. The molecule has 0 bridgehead atoms. The number of ether oxygens (including phenoxy) is 2. The van der Waals surface area contributed by atoms with E-state index in [0.717, 1.165) is 24.0 Å². The highest BCUT2D eigenvalue weighted by atomic mass is 35.5.